The van der Waals surface area contributed by atoms with E-state index in [0.29, 0.717) is 6.61 Å². The molecule has 0 aliphatic carbocycles. The highest BCUT2D eigenvalue weighted by Crippen LogP contribution is 2.12. The molecule has 2 heteroatoms. The predicted molar refractivity (Wildman–Crippen MR) is 37.4 cm³/mol. The maximum Gasteiger partial charge on any atom is 0.233 e. The summed E-state index contributed by atoms with van der Waals surface area (Å²) in [4.78, 5) is 10.8. The van der Waals surface area contributed by atoms with Crippen molar-refractivity contribution in [3.63, 3.8) is 0 Å². The summed E-state index contributed by atoms with van der Waals surface area (Å²) in [6, 6.07) is 0. The molecule has 0 radical (unpaired) electrons. The molecule has 0 saturated carbocycles. The first-order valence-corrected chi connectivity index (χ1v) is 3.46. The average Bonchev–Trinajstić information content (AvgIpc) is 2.05. The Morgan fingerprint density at radius 3 is 2.90 bits per heavy atom. The predicted octanol–water partition coefficient (Wildman–Crippen LogP) is 0.758. The van der Waals surface area contributed by atoms with Gasteiger partial charge in [0.2, 0.25) is 5.78 Å². The molecule has 1 aliphatic heterocycles. The molecule has 1 unspecified atom stereocenters. The minimum atomic E-state index is -0.307. The highest BCUT2D eigenvalue weighted by Gasteiger charge is 2.19. The van der Waals surface area contributed by atoms with Gasteiger partial charge in [0, 0.05) is 6.61 Å². The van der Waals surface area contributed by atoms with E-state index in [1.807, 2.05) is 0 Å². The van der Waals surface area contributed by atoms with Gasteiger partial charge >= 0.3 is 0 Å². The van der Waals surface area contributed by atoms with Gasteiger partial charge in [-0.25, -0.2) is 0 Å². The van der Waals surface area contributed by atoms with Crippen LogP contribution in [0, 0.1) is 12.3 Å². The van der Waals surface area contributed by atoms with Crippen LogP contribution in [0.3, 0.4) is 0 Å². The van der Waals surface area contributed by atoms with Crippen molar-refractivity contribution in [1.29, 1.82) is 0 Å². The second-order valence-corrected chi connectivity index (χ2v) is 2.36. The Morgan fingerprint density at radius 2 is 2.40 bits per heavy atom. The Morgan fingerprint density at radius 1 is 1.60 bits per heavy atom. The van der Waals surface area contributed by atoms with Crippen molar-refractivity contribution < 1.29 is 9.53 Å². The Labute approximate surface area is 60.6 Å². The normalized spacial score (nSPS) is 25.3. The molecule has 1 aliphatic rings. The summed E-state index contributed by atoms with van der Waals surface area (Å²) in [5.74, 6) is 1.86. The number of terminal acetylenes is 1. The summed E-state index contributed by atoms with van der Waals surface area (Å²) in [7, 11) is 0. The van der Waals surface area contributed by atoms with Gasteiger partial charge in [-0.2, -0.15) is 0 Å². The van der Waals surface area contributed by atoms with Gasteiger partial charge in [0.25, 0.3) is 0 Å². The van der Waals surface area contributed by atoms with Gasteiger partial charge in [0.1, 0.15) is 6.10 Å². The van der Waals surface area contributed by atoms with Crippen LogP contribution >= 0.6 is 0 Å². The SMILES string of the molecule is C#CC(=O)C1CCCCO1. The quantitative estimate of drug-likeness (QED) is 0.395. The summed E-state index contributed by atoms with van der Waals surface area (Å²) >= 11 is 0. The van der Waals surface area contributed by atoms with Gasteiger partial charge in [-0.05, 0) is 25.2 Å². The molecule has 1 saturated heterocycles. The van der Waals surface area contributed by atoms with E-state index >= 15 is 0 Å². The van der Waals surface area contributed by atoms with Crippen LogP contribution in [0.15, 0.2) is 0 Å². The molecule has 10 heavy (non-hydrogen) atoms. The third-order valence-corrected chi connectivity index (χ3v) is 1.61. The molecular formula is C8H10O2. The fourth-order valence-corrected chi connectivity index (χ4v) is 1.04. The first-order chi connectivity index (χ1) is 4.84. The minimum Gasteiger partial charge on any atom is -0.369 e. The molecule has 0 N–H and O–H groups in total. The molecular weight excluding hydrogens is 128 g/mol. The Hall–Kier alpha value is -0.810. The maximum absolute atomic E-state index is 10.8. The van der Waals surface area contributed by atoms with E-state index in [0.717, 1.165) is 19.3 Å². The monoisotopic (exact) mass is 138 g/mol. The van der Waals surface area contributed by atoms with Crippen LogP contribution in [0.2, 0.25) is 0 Å². The number of carbonyl (C=O) groups is 1. The topological polar surface area (TPSA) is 26.3 Å². The third kappa shape index (κ3) is 1.58. The van der Waals surface area contributed by atoms with Crippen molar-refractivity contribution in [1.82, 2.24) is 0 Å². The number of ether oxygens (including phenoxy) is 1. The molecule has 0 aromatic carbocycles. The number of hydrogen-bond acceptors (Lipinski definition) is 2. The van der Waals surface area contributed by atoms with Gasteiger partial charge in [0.05, 0.1) is 0 Å². The summed E-state index contributed by atoms with van der Waals surface area (Å²) in [6.07, 6.45) is 7.51. The molecule has 2 nitrogen and oxygen atoms in total. The number of hydrogen-bond donors (Lipinski definition) is 0. The molecule has 0 spiro atoms. The summed E-state index contributed by atoms with van der Waals surface area (Å²) in [6.45, 7) is 0.679. The summed E-state index contributed by atoms with van der Waals surface area (Å²) < 4.78 is 5.14. The molecule has 1 atom stereocenters. The van der Waals surface area contributed by atoms with E-state index in [1.165, 1.54) is 0 Å². The highest BCUT2D eigenvalue weighted by atomic mass is 16.5. The summed E-state index contributed by atoms with van der Waals surface area (Å²) in [5.41, 5.74) is 0. The number of Topliss-reactive ketones (excluding diaryl/α,β-unsaturated/α-hetero) is 1. The number of ketones is 1. The lowest BCUT2D eigenvalue weighted by molar-refractivity contribution is -0.127. The van der Waals surface area contributed by atoms with Gasteiger partial charge < -0.3 is 4.74 Å². The zero-order chi connectivity index (χ0) is 7.40. The van der Waals surface area contributed by atoms with E-state index in [2.05, 4.69) is 5.92 Å². The lowest BCUT2D eigenvalue weighted by Crippen LogP contribution is -2.26. The molecule has 0 bridgehead atoms. The Bertz CT molecular complexity index is 161. The zero-order valence-corrected chi connectivity index (χ0v) is 5.80. The molecule has 54 valence electrons. The van der Waals surface area contributed by atoms with Crippen LogP contribution < -0.4 is 0 Å². The molecule has 0 aromatic heterocycles. The van der Waals surface area contributed by atoms with Gasteiger partial charge in [0.15, 0.2) is 0 Å². The van der Waals surface area contributed by atoms with Crippen molar-refractivity contribution >= 4 is 5.78 Å². The fraction of sp³-hybridized carbons (Fsp3) is 0.625. The second kappa shape index (κ2) is 3.38. The first kappa shape index (κ1) is 7.30. The smallest absolute Gasteiger partial charge is 0.233 e. The van der Waals surface area contributed by atoms with Crippen LogP contribution in [-0.4, -0.2) is 18.5 Å². The van der Waals surface area contributed by atoms with Crippen molar-refractivity contribution in [3.05, 3.63) is 0 Å². The van der Waals surface area contributed by atoms with Gasteiger partial charge in [-0.3, -0.25) is 4.79 Å². The molecule has 1 heterocycles. The van der Waals surface area contributed by atoms with Crippen LogP contribution in [0.4, 0.5) is 0 Å². The Balaban J connectivity index is 2.40. The van der Waals surface area contributed by atoms with E-state index < -0.39 is 0 Å². The highest BCUT2D eigenvalue weighted by molar-refractivity contribution is 5.98. The average molecular weight is 138 g/mol. The van der Waals surface area contributed by atoms with Crippen LogP contribution in [0.25, 0.3) is 0 Å². The molecule has 1 fully saturated rings. The number of rotatable bonds is 1. The van der Waals surface area contributed by atoms with Gasteiger partial charge in [-0.15, -0.1) is 6.42 Å². The van der Waals surface area contributed by atoms with Gasteiger partial charge in [-0.1, -0.05) is 0 Å². The standard InChI is InChI=1S/C8H10O2/c1-2-7(9)8-5-3-4-6-10-8/h1,8H,3-6H2. The van der Waals surface area contributed by atoms with E-state index in [-0.39, 0.29) is 11.9 Å². The van der Waals surface area contributed by atoms with Crippen molar-refractivity contribution in [2.75, 3.05) is 6.61 Å². The zero-order valence-electron chi connectivity index (χ0n) is 5.80. The minimum absolute atomic E-state index is 0.209. The molecule has 1 rings (SSSR count). The van der Waals surface area contributed by atoms with Crippen LogP contribution in [0.5, 0.6) is 0 Å². The second-order valence-electron chi connectivity index (χ2n) is 2.36. The molecule has 0 amide bonds. The first-order valence-electron chi connectivity index (χ1n) is 3.46. The number of carbonyl (C=O) groups excluding carboxylic acids is 1. The van der Waals surface area contributed by atoms with Crippen molar-refractivity contribution in [2.45, 2.75) is 25.4 Å². The summed E-state index contributed by atoms with van der Waals surface area (Å²) in [5, 5.41) is 0. The van der Waals surface area contributed by atoms with E-state index in [4.69, 9.17) is 11.2 Å². The lowest BCUT2D eigenvalue weighted by atomic mass is 10.1. The lowest BCUT2D eigenvalue weighted by Gasteiger charge is -2.18. The third-order valence-electron chi connectivity index (χ3n) is 1.61. The molecule has 0 aromatic rings. The van der Waals surface area contributed by atoms with E-state index in [1.54, 1.807) is 0 Å². The van der Waals surface area contributed by atoms with Crippen LogP contribution in [0.1, 0.15) is 19.3 Å². The van der Waals surface area contributed by atoms with Crippen LogP contribution in [-0.2, 0) is 9.53 Å². The Kier molecular flexibility index (Phi) is 2.47. The largest absolute Gasteiger partial charge is 0.369 e. The van der Waals surface area contributed by atoms with Crippen molar-refractivity contribution in [3.8, 4) is 12.3 Å². The van der Waals surface area contributed by atoms with Crippen molar-refractivity contribution in [2.24, 2.45) is 0 Å². The van der Waals surface area contributed by atoms with E-state index in [9.17, 15) is 4.79 Å². The maximum atomic E-state index is 10.8. The fourth-order valence-electron chi connectivity index (χ4n) is 1.04.